The molecule has 1 aromatic rings. The van der Waals surface area contributed by atoms with E-state index in [0.29, 0.717) is 13.0 Å². The van der Waals surface area contributed by atoms with Crippen LogP contribution in [-0.4, -0.2) is 11.7 Å². The van der Waals surface area contributed by atoms with Gasteiger partial charge in [0.1, 0.15) is 5.75 Å². The molecular formula is C9H12I2N2O. The highest BCUT2D eigenvalue weighted by Gasteiger charge is 2.13. The van der Waals surface area contributed by atoms with Crippen LogP contribution >= 0.6 is 45.2 Å². The van der Waals surface area contributed by atoms with Crippen LogP contribution in [0.5, 0.6) is 5.75 Å². The smallest absolute Gasteiger partial charge is 0.133 e. The number of aromatic hydroxyl groups is 1. The molecule has 0 heterocycles. The summed E-state index contributed by atoms with van der Waals surface area (Å²) in [6, 6.07) is 3.64. The highest BCUT2D eigenvalue weighted by atomic mass is 127. The predicted molar refractivity (Wildman–Crippen MR) is 74.1 cm³/mol. The molecule has 0 bridgehead atoms. The molecule has 1 aromatic carbocycles. The summed E-state index contributed by atoms with van der Waals surface area (Å²) in [6.45, 7) is 0.530. The Morgan fingerprint density at radius 3 is 2.57 bits per heavy atom. The van der Waals surface area contributed by atoms with Gasteiger partial charge in [0.15, 0.2) is 0 Å². The Morgan fingerprint density at radius 2 is 2.00 bits per heavy atom. The molecule has 5 N–H and O–H groups in total. The molecule has 0 saturated carbocycles. The summed E-state index contributed by atoms with van der Waals surface area (Å²) in [7, 11) is 0. The van der Waals surface area contributed by atoms with Crippen LogP contribution < -0.4 is 11.5 Å². The lowest BCUT2D eigenvalue weighted by Crippen LogP contribution is -2.15. The maximum absolute atomic E-state index is 9.79. The van der Waals surface area contributed by atoms with Gasteiger partial charge >= 0.3 is 0 Å². The molecule has 0 spiro atoms. The van der Waals surface area contributed by atoms with Crippen molar-refractivity contribution in [2.24, 2.45) is 11.5 Å². The van der Waals surface area contributed by atoms with Crippen LogP contribution in [0.3, 0.4) is 0 Å². The van der Waals surface area contributed by atoms with E-state index in [4.69, 9.17) is 11.5 Å². The van der Waals surface area contributed by atoms with Crippen molar-refractivity contribution in [3.8, 4) is 5.75 Å². The zero-order valence-electron chi connectivity index (χ0n) is 7.50. The molecule has 0 aromatic heterocycles. The van der Waals surface area contributed by atoms with Gasteiger partial charge in [-0.15, -0.1) is 0 Å². The van der Waals surface area contributed by atoms with Gasteiger partial charge in [0.25, 0.3) is 0 Å². The fourth-order valence-corrected chi connectivity index (χ4v) is 3.09. The number of phenols is 1. The maximum Gasteiger partial charge on any atom is 0.133 e. The van der Waals surface area contributed by atoms with Crippen LogP contribution in [0.2, 0.25) is 0 Å². The van der Waals surface area contributed by atoms with E-state index in [1.54, 1.807) is 0 Å². The van der Waals surface area contributed by atoms with Crippen molar-refractivity contribution in [3.05, 3.63) is 24.8 Å². The minimum absolute atomic E-state index is 0.178. The van der Waals surface area contributed by atoms with Crippen LogP contribution in [-0.2, 0) is 0 Å². The standard InChI is InChI=1S/C9H12I2N2O/c10-5-3-6(8(13)1-2-12)9(14)7(11)4-5/h3-4,8,14H,1-2,12-13H2/t8-/m1/s1. The monoisotopic (exact) mass is 418 g/mol. The molecule has 3 nitrogen and oxygen atoms in total. The van der Waals surface area contributed by atoms with Crippen LogP contribution in [0.4, 0.5) is 0 Å². The second-order valence-electron chi connectivity index (χ2n) is 3.01. The highest BCUT2D eigenvalue weighted by molar-refractivity contribution is 14.1. The largest absolute Gasteiger partial charge is 0.506 e. The lowest BCUT2D eigenvalue weighted by molar-refractivity contribution is 0.455. The predicted octanol–water partition coefficient (Wildman–Crippen LogP) is 1.95. The number of hydrogen-bond donors (Lipinski definition) is 3. The van der Waals surface area contributed by atoms with Crippen LogP contribution in [0.1, 0.15) is 18.0 Å². The highest BCUT2D eigenvalue weighted by Crippen LogP contribution is 2.31. The van der Waals surface area contributed by atoms with Crippen LogP contribution in [0.25, 0.3) is 0 Å². The third-order valence-corrected chi connectivity index (χ3v) is 3.38. The summed E-state index contributed by atoms with van der Waals surface area (Å²) in [5.74, 6) is 0.284. The lowest BCUT2D eigenvalue weighted by Gasteiger charge is -2.14. The Hall–Kier alpha value is 0.400. The molecule has 0 saturated heterocycles. The zero-order chi connectivity index (χ0) is 10.7. The van der Waals surface area contributed by atoms with Gasteiger partial charge in [-0.3, -0.25) is 0 Å². The van der Waals surface area contributed by atoms with Gasteiger partial charge in [0, 0.05) is 15.2 Å². The van der Waals surface area contributed by atoms with Crippen molar-refractivity contribution < 1.29 is 5.11 Å². The Bertz CT molecular complexity index is 331. The van der Waals surface area contributed by atoms with Crippen LogP contribution in [0, 0.1) is 7.14 Å². The quantitative estimate of drug-likeness (QED) is 0.658. The number of halogens is 2. The SMILES string of the molecule is NCC[C@@H](N)c1cc(I)cc(I)c1O. The summed E-state index contributed by atoms with van der Waals surface area (Å²) in [5.41, 5.74) is 12.1. The van der Waals surface area contributed by atoms with Gasteiger partial charge in [-0.25, -0.2) is 0 Å². The van der Waals surface area contributed by atoms with Gasteiger partial charge in [0.05, 0.1) is 3.57 Å². The van der Waals surface area contributed by atoms with Crippen molar-refractivity contribution >= 4 is 45.2 Å². The molecule has 1 atom stereocenters. The Morgan fingerprint density at radius 1 is 1.36 bits per heavy atom. The Kier molecular flexibility index (Phi) is 4.88. The molecule has 0 aliphatic heterocycles. The minimum atomic E-state index is -0.178. The van der Waals surface area contributed by atoms with Crippen molar-refractivity contribution in [3.63, 3.8) is 0 Å². The first-order valence-corrected chi connectivity index (χ1v) is 6.35. The number of nitrogens with two attached hydrogens (primary N) is 2. The summed E-state index contributed by atoms with van der Waals surface area (Å²) in [6.07, 6.45) is 0.684. The first-order valence-electron chi connectivity index (χ1n) is 4.19. The fraction of sp³-hybridized carbons (Fsp3) is 0.333. The first kappa shape index (κ1) is 12.5. The molecule has 78 valence electrons. The van der Waals surface area contributed by atoms with Crippen LogP contribution in [0.15, 0.2) is 12.1 Å². The maximum atomic E-state index is 9.79. The van der Waals surface area contributed by atoms with E-state index >= 15 is 0 Å². The topological polar surface area (TPSA) is 72.3 Å². The average molecular weight is 418 g/mol. The van der Waals surface area contributed by atoms with Crippen molar-refractivity contribution in [1.82, 2.24) is 0 Å². The van der Waals surface area contributed by atoms with E-state index in [9.17, 15) is 5.11 Å². The molecule has 0 radical (unpaired) electrons. The van der Waals surface area contributed by atoms with Gasteiger partial charge in [-0.2, -0.15) is 0 Å². The molecule has 0 aliphatic carbocycles. The van der Waals surface area contributed by atoms with Crippen molar-refractivity contribution in [2.45, 2.75) is 12.5 Å². The summed E-state index contributed by atoms with van der Waals surface area (Å²) >= 11 is 4.30. The van der Waals surface area contributed by atoms with Gasteiger partial charge < -0.3 is 16.6 Å². The summed E-state index contributed by atoms with van der Waals surface area (Å²) in [4.78, 5) is 0. The summed E-state index contributed by atoms with van der Waals surface area (Å²) in [5, 5.41) is 9.79. The number of benzene rings is 1. The summed E-state index contributed by atoms with van der Waals surface area (Å²) < 4.78 is 1.91. The molecular weight excluding hydrogens is 406 g/mol. The van der Waals surface area contributed by atoms with E-state index in [0.717, 1.165) is 12.7 Å². The van der Waals surface area contributed by atoms with E-state index in [-0.39, 0.29) is 11.8 Å². The molecule has 0 amide bonds. The number of phenolic OH excluding ortho intramolecular Hbond substituents is 1. The molecule has 1 rings (SSSR count). The van der Waals surface area contributed by atoms with Crippen molar-refractivity contribution in [1.29, 1.82) is 0 Å². The molecule has 0 fully saturated rings. The molecule has 0 aliphatic rings. The number of hydrogen-bond acceptors (Lipinski definition) is 3. The Balaban J connectivity index is 3.07. The third kappa shape index (κ3) is 2.94. The fourth-order valence-electron chi connectivity index (χ4n) is 1.20. The van der Waals surface area contributed by atoms with Gasteiger partial charge in [-0.05, 0) is 70.3 Å². The normalized spacial score (nSPS) is 12.9. The van der Waals surface area contributed by atoms with Gasteiger partial charge in [0.2, 0.25) is 0 Å². The van der Waals surface area contributed by atoms with Crippen molar-refractivity contribution in [2.75, 3.05) is 6.54 Å². The van der Waals surface area contributed by atoms with E-state index in [2.05, 4.69) is 45.2 Å². The third-order valence-electron chi connectivity index (χ3n) is 1.93. The van der Waals surface area contributed by atoms with E-state index < -0.39 is 0 Å². The van der Waals surface area contributed by atoms with E-state index in [1.807, 2.05) is 12.1 Å². The van der Waals surface area contributed by atoms with E-state index in [1.165, 1.54) is 0 Å². The minimum Gasteiger partial charge on any atom is -0.506 e. The zero-order valence-corrected chi connectivity index (χ0v) is 11.8. The second kappa shape index (κ2) is 5.47. The molecule has 0 unspecified atom stereocenters. The Labute approximate surface area is 111 Å². The van der Waals surface area contributed by atoms with Gasteiger partial charge in [-0.1, -0.05) is 0 Å². The molecule has 5 heteroatoms. The lowest BCUT2D eigenvalue weighted by atomic mass is 10.0. The first-order chi connectivity index (χ1) is 6.56. The average Bonchev–Trinajstić information content (AvgIpc) is 2.11. The number of rotatable bonds is 3. The molecule has 14 heavy (non-hydrogen) atoms. The second-order valence-corrected chi connectivity index (χ2v) is 5.42.